The van der Waals surface area contributed by atoms with E-state index < -0.39 is 0 Å². The van der Waals surface area contributed by atoms with Crippen LogP contribution in [0.25, 0.3) is 0 Å². The summed E-state index contributed by atoms with van der Waals surface area (Å²) >= 11 is 0. The van der Waals surface area contributed by atoms with Crippen LogP contribution in [-0.4, -0.2) is 13.2 Å². The fourth-order valence-electron chi connectivity index (χ4n) is 3.18. The number of hydrogen-bond acceptors (Lipinski definition) is 2. The third-order valence-corrected chi connectivity index (χ3v) is 4.31. The second-order valence-electron chi connectivity index (χ2n) is 6.62. The zero-order valence-corrected chi connectivity index (χ0v) is 12.7. The quantitative estimate of drug-likeness (QED) is 0.871. The smallest absolute Gasteiger partial charge is 0.118 e. The molecule has 0 spiro atoms. The maximum absolute atomic E-state index is 5.21. The van der Waals surface area contributed by atoms with Gasteiger partial charge in [0.2, 0.25) is 0 Å². The first-order valence-electron chi connectivity index (χ1n) is 7.40. The van der Waals surface area contributed by atoms with Gasteiger partial charge in [-0.25, -0.2) is 0 Å². The standard InChI is InChI=1S/C17H27NO/c1-13(14-7-9-16(19-4)10-8-14)18-15-6-5-11-17(2,3)12-15/h7-10,13,15,18H,5-6,11-12H2,1-4H3/t13-,15?/m1/s1. The molecule has 0 aliphatic heterocycles. The molecule has 0 heterocycles. The summed E-state index contributed by atoms with van der Waals surface area (Å²) in [6.45, 7) is 7.03. The molecule has 1 fully saturated rings. The molecule has 1 N–H and O–H groups in total. The molecule has 0 aromatic heterocycles. The lowest BCUT2D eigenvalue weighted by Gasteiger charge is -2.37. The van der Waals surface area contributed by atoms with Gasteiger partial charge in [-0.05, 0) is 49.3 Å². The molecule has 2 atom stereocenters. The molecule has 1 aliphatic rings. The van der Waals surface area contributed by atoms with Crippen molar-refractivity contribution >= 4 is 0 Å². The fraction of sp³-hybridized carbons (Fsp3) is 0.647. The van der Waals surface area contributed by atoms with E-state index in [0.717, 1.165) is 5.75 Å². The van der Waals surface area contributed by atoms with E-state index in [1.807, 2.05) is 12.1 Å². The van der Waals surface area contributed by atoms with Crippen LogP contribution in [-0.2, 0) is 0 Å². The summed E-state index contributed by atoms with van der Waals surface area (Å²) in [7, 11) is 1.71. The normalized spacial score (nSPS) is 23.9. The van der Waals surface area contributed by atoms with Gasteiger partial charge in [0.15, 0.2) is 0 Å². The molecular formula is C17H27NO. The predicted octanol–water partition coefficient (Wildman–Crippen LogP) is 4.31. The number of methoxy groups -OCH3 is 1. The van der Waals surface area contributed by atoms with E-state index in [2.05, 4.69) is 38.2 Å². The fourth-order valence-corrected chi connectivity index (χ4v) is 3.18. The third-order valence-electron chi connectivity index (χ3n) is 4.31. The van der Waals surface area contributed by atoms with Gasteiger partial charge in [0.1, 0.15) is 5.75 Å². The summed E-state index contributed by atoms with van der Waals surface area (Å²) in [4.78, 5) is 0. The Bertz CT molecular complexity index is 396. The topological polar surface area (TPSA) is 21.3 Å². The first-order valence-corrected chi connectivity index (χ1v) is 7.40. The first-order chi connectivity index (χ1) is 9.00. The molecule has 1 aromatic rings. The molecule has 1 unspecified atom stereocenters. The highest BCUT2D eigenvalue weighted by molar-refractivity contribution is 5.28. The van der Waals surface area contributed by atoms with E-state index in [0.29, 0.717) is 17.5 Å². The van der Waals surface area contributed by atoms with E-state index in [1.165, 1.54) is 31.2 Å². The van der Waals surface area contributed by atoms with Crippen molar-refractivity contribution in [2.24, 2.45) is 5.41 Å². The maximum Gasteiger partial charge on any atom is 0.118 e. The Morgan fingerprint density at radius 2 is 1.95 bits per heavy atom. The number of benzene rings is 1. The summed E-state index contributed by atoms with van der Waals surface area (Å²) < 4.78 is 5.21. The Morgan fingerprint density at radius 1 is 1.26 bits per heavy atom. The molecule has 1 saturated carbocycles. The van der Waals surface area contributed by atoms with E-state index in [9.17, 15) is 0 Å². The van der Waals surface area contributed by atoms with Crippen molar-refractivity contribution < 1.29 is 4.74 Å². The van der Waals surface area contributed by atoms with Crippen molar-refractivity contribution in [2.45, 2.75) is 58.5 Å². The summed E-state index contributed by atoms with van der Waals surface area (Å²) in [5.74, 6) is 0.926. The van der Waals surface area contributed by atoms with Crippen molar-refractivity contribution in [3.05, 3.63) is 29.8 Å². The van der Waals surface area contributed by atoms with Crippen LogP contribution in [0.5, 0.6) is 5.75 Å². The minimum atomic E-state index is 0.407. The van der Waals surface area contributed by atoms with E-state index in [1.54, 1.807) is 7.11 Å². The number of ether oxygens (including phenoxy) is 1. The Labute approximate surface area is 117 Å². The van der Waals surface area contributed by atoms with Gasteiger partial charge in [-0.2, -0.15) is 0 Å². The molecular weight excluding hydrogens is 234 g/mol. The van der Waals surface area contributed by atoms with Gasteiger partial charge >= 0.3 is 0 Å². The van der Waals surface area contributed by atoms with Gasteiger partial charge in [-0.1, -0.05) is 32.4 Å². The lowest BCUT2D eigenvalue weighted by atomic mass is 9.75. The first kappa shape index (κ1) is 14.4. The molecule has 0 radical (unpaired) electrons. The lowest BCUT2D eigenvalue weighted by molar-refractivity contribution is 0.191. The lowest BCUT2D eigenvalue weighted by Crippen LogP contribution is -2.38. The molecule has 1 aliphatic carbocycles. The summed E-state index contributed by atoms with van der Waals surface area (Å²) in [5.41, 5.74) is 1.83. The van der Waals surface area contributed by atoms with Gasteiger partial charge in [-0.15, -0.1) is 0 Å². The predicted molar refractivity (Wildman–Crippen MR) is 80.6 cm³/mol. The molecule has 1 aromatic carbocycles. The highest BCUT2D eigenvalue weighted by atomic mass is 16.5. The number of rotatable bonds is 4. The van der Waals surface area contributed by atoms with E-state index in [4.69, 9.17) is 4.74 Å². The number of hydrogen-bond donors (Lipinski definition) is 1. The third kappa shape index (κ3) is 3.97. The Balaban J connectivity index is 1.94. The molecule has 2 nitrogen and oxygen atoms in total. The van der Waals surface area contributed by atoms with Crippen LogP contribution >= 0.6 is 0 Å². The summed E-state index contributed by atoms with van der Waals surface area (Å²) in [6, 6.07) is 9.46. The van der Waals surface area contributed by atoms with E-state index in [-0.39, 0.29) is 0 Å². The second-order valence-corrected chi connectivity index (χ2v) is 6.62. The molecule has 0 bridgehead atoms. The Kier molecular flexibility index (Phi) is 4.51. The highest BCUT2D eigenvalue weighted by Crippen LogP contribution is 2.35. The van der Waals surface area contributed by atoms with Crippen LogP contribution in [0.3, 0.4) is 0 Å². The minimum Gasteiger partial charge on any atom is -0.497 e. The maximum atomic E-state index is 5.21. The van der Waals surface area contributed by atoms with Gasteiger partial charge in [0.25, 0.3) is 0 Å². The zero-order chi connectivity index (χ0) is 13.9. The summed E-state index contributed by atoms with van der Waals surface area (Å²) in [6.07, 6.45) is 5.31. The van der Waals surface area contributed by atoms with E-state index >= 15 is 0 Å². The SMILES string of the molecule is COc1ccc([C@@H](C)NC2CCCC(C)(C)C2)cc1. The number of nitrogens with one attached hydrogen (secondary N) is 1. The van der Waals surface area contributed by atoms with Crippen LogP contribution in [0.1, 0.15) is 58.1 Å². The van der Waals surface area contributed by atoms with Crippen molar-refractivity contribution in [1.82, 2.24) is 5.32 Å². The minimum absolute atomic E-state index is 0.407. The average Bonchev–Trinajstić information content (AvgIpc) is 2.37. The molecule has 19 heavy (non-hydrogen) atoms. The zero-order valence-electron chi connectivity index (χ0n) is 12.7. The van der Waals surface area contributed by atoms with Crippen molar-refractivity contribution in [2.75, 3.05) is 7.11 Å². The van der Waals surface area contributed by atoms with Gasteiger partial charge < -0.3 is 10.1 Å². The molecule has 2 heteroatoms. The largest absolute Gasteiger partial charge is 0.497 e. The monoisotopic (exact) mass is 261 g/mol. The Morgan fingerprint density at radius 3 is 2.53 bits per heavy atom. The van der Waals surface area contributed by atoms with Crippen LogP contribution in [0.15, 0.2) is 24.3 Å². The molecule has 106 valence electrons. The van der Waals surface area contributed by atoms with Crippen molar-refractivity contribution in [1.29, 1.82) is 0 Å². The van der Waals surface area contributed by atoms with Gasteiger partial charge in [0, 0.05) is 12.1 Å². The van der Waals surface area contributed by atoms with Crippen molar-refractivity contribution in [3.63, 3.8) is 0 Å². The van der Waals surface area contributed by atoms with Gasteiger partial charge in [0.05, 0.1) is 7.11 Å². The average molecular weight is 261 g/mol. The highest BCUT2D eigenvalue weighted by Gasteiger charge is 2.28. The van der Waals surface area contributed by atoms with Crippen molar-refractivity contribution in [3.8, 4) is 5.75 Å². The van der Waals surface area contributed by atoms with Gasteiger partial charge in [-0.3, -0.25) is 0 Å². The second kappa shape index (κ2) is 5.96. The molecule has 0 amide bonds. The Hall–Kier alpha value is -1.02. The van der Waals surface area contributed by atoms with Crippen LogP contribution < -0.4 is 10.1 Å². The molecule has 2 rings (SSSR count). The summed E-state index contributed by atoms with van der Waals surface area (Å²) in [5, 5.41) is 3.79. The van der Waals surface area contributed by atoms with Crippen LogP contribution in [0.2, 0.25) is 0 Å². The van der Waals surface area contributed by atoms with Crippen LogP contribution in [0, 0.1) is 5.41 Å². The molecule has 0 saturated heterocycles. The van der Waals surface area contributed by atoms with Crippen LogP contribution in [0.4, 0.5) is 0 Å².